The first-order valence-corrected chi connectivity index (χ1v) is 8.96. The van der Waals surface area contributed by atoms with E-state index in [1.807, 2.05) is 0 Å². The fourth-order valence-electron chi connectivity index (χ4n) is 2.01. The van der Waals surface area contributed by atoms with Crippen molar-refractivity contribution >= 4 is 33.3 Å². The second kappa shape index (κ2) is 7.79. The van der Waals surface area contributed by atoms with Gasteiger partial charge in [0.1, 0.15) is 18.2 Å². The van der Waals surface area contributed by atoms with Crippen molar-refractivity contribution in [2.45, 2.75) is 11.8 Å². The Hall–Kier alpha value is -2.19. The number of hydrogen-bond acceptors (Lipinski definition) is 4. The summed E-state index contributed by atoms with van der Waals surface area (Å²) < 4.78 is 57.6. The van der Waals surface area contributed by atoms with Crippen molar-refractivity contribution in [3.05, 3.63) is 59.1 Å². The van der Waals surface area contributed by atoms with Gasteiger partial charge in [-0.2, -0.15) is 0 Å². The Labute approximate surface area is 148 Å². The zero-order valence-corrected chi connectivity index (χ0v) is 14.7. The van der Waals surface area contributed by atoms with Gasteiger partial charge in [0.05, 0.1) is 22.2 Å². The molecule has 0 atom stereocenters. The Morgan fingerprint density at radius 1 is 1.16 bits per heavy atom. The van der Waals surface area contributed by atoms with E-state index < -0.39 is 34.2 Å². The van der Waals surface area contributed by atoms with Crippen LogP contribution in [0, 0.1) is 11.6 Å². The summed E-state index contributed by atoms with van der Waals surface area (Å²) in [4.78, 5) is 11.6. The van der Waals surface area contributed by atoms with E-state index in [9.17, 15) is 22.0 Å². The lowest BCUT2D eigenvalue weighted by atomic mass is 10.3. The van der Waals surface area contributed by atoms with Gasteiger partial charge >= 0.3 is 5.97 Å². The molecule has 0 spiro atoms. The van der Waals surface area contributed by atoms with E-state index in [0.717, 1.165) is 40.7 Å². The Morgan fingerprint density at radius 3 is 2.36 bits per heavy atom. The number of rotatable bonds is 6. The highest BCUT2D eigenvalue weighted by atomic mass is 35.5. The maximum Gasteiger partial charge on any atom is 0.326 e. The van der Waals surface area contributed by atoms with E-state index in [1.54, 1.807) is 6.92 Å². The number of nitrogens with zero attached hydrogens (tertiary/aromatic N) is 1. The van der Waals surface area contributed by atoms with Crippen molar-refractivity contribution in [2.75, 3.05) is 17.5 Å². The van der Waals surface area contributed by atoms with Crippen LogP contribution in [-0.2, 0) is 19.6 Å². The monoisotopic (exact) mass is 389 g/mol. The summed E-state index contributed by atoms with van der Waals surface area (Å²) in [5.41, 5.74) is -0.0243. The molecule has 25 heavy (non-hydrogen) atoms. The van der Waals surface area contributed by atoms with Gasteiger partial charge in [0.25, 0.3) is 10.0 Å². The van der Waals surface area contributed by atoms with Crippen LogP contribution in [0.4, 0.5) is 14.5 Å². The molecule has 5 nitrogen and oxygen atoms in total. The van der Waals surface area contributed by atoms with Crippen LogP contribution in [0.5, 0.6) is 0 Å². The van der Waals surface area contributed by atoms with Gasteiger partial charge in [0.2, 0.25) is 0 Å². The third-order valence-electron chi connectivity index (χ3n) is 3.17. The number of sulfonamides is 1. The lowest BCUT2D eigenvalue weighted by Crippen LogP contribution is -2.36. The second-order valence-corrected chi connectivity index (χ2v) is 7.14. The third kappa shape index (κ3) is 4.46. The summed E-state index contributed by atoms with van der Waals surface area (Å²) in [6.45, 7) is 0.994. The van der Waals surface area contributed by atoms with Crippen molar-refractivity contribution in [3.63, 3.8) is 0 Å². The molecular formula is C16H14ClF2NO4S. The summed E-state index contributed by atoms with van der Waals surface area (Å²) >= 11 is 5.71. The molecule has 0 radical (unpaired) electrons. The number of halogens is 3. The smallest absolute Gasteiger partial charge is 0.326 e. The van der Waals surface area contributed by atoms with Crippen molar-refractivity contribution in [1.82, 2.24) is 0 Å². The maximum atomic E-state index is 13.4. The van der Waals surface area contributed by atoms with Crippen LogP contribution >= 0.6 is 11.6 Å². The minimum absolute atomic E-state index is 0.0243. The molecule has 0 aliphatic carbocycles. The van der Waals surface area contributed by atoms with Crippen LogP contribution in [0.1, 0.15) is 6.92 Å². The first-order chi connectivity index (χ1) is 11.8. The van der Waals surface area contributed by atoms with Crippen LogP contribution in [0.15, 0.2) is 47.4 Å². The van der Waals surface area contributed by atoms with E-state index in [4.69, 9.17) is 16.3 Å². The summed E-state index contributed by atoms with van der Waals surface area (Å²) in [5, 5.41) is -0.305. The molecule has 0 saturated carbocycles. The number of esters is 1. The van der Waals surface area contributed by atoms with E-state index in [1.165, 1.54) is 6.07 Å². The number of benzene rings is 2. The number of carbonyl (C=O) groups is 1. The van der Waals surface area contributed by atoms with Crippen LogP contribution in [0.25, 0.3) is 0 Å². The predicted molar refractivity (Wildman–Crippen MR) is 89.0 cm³/mol. The molecule has 2 aromatic carbocycles. The molecule has 0 aromatic heterocycles. The molecule has 134 valence electrons. The standard InChI is InChI=1S/C16H14ClF2NO4S/c1-2-24-16(21)10-20(12-5-8-15(19)14(17)9-12)25(22,23)13-6-3-11(18)4-7-13/h3-9H,2,10H2,1H3. The molecule has 0 heterocycles. The lowest BCUT2D eigenvalue weighted by Gasteiger charge is -2.23. The summed E-state index contributed by atoms with van der Waals surface area (Å²) in [6.07, 6.45) is 0. The van der Waals surface area contributed by atoms with Crippen molar-refractivity contribution in [3.8, 4) is 0 Å². The quantitative estimate of drug-likeness (QED) is 0.710. The van der Waals surface area contributed by atoms with E-state index in [2.05, 4.69) is 0 Å². The van der Waals surface area contributed by atoms with Gasteiger partial charge in [-0.05, 0) is 49.4 Å². The molecule has 2 aromatic rings. The van der Waals surface area contributed by atoms with Gasteiger partial charge in [-0.15, -0.1) is 0 Å². The Balaban J connectivity index is 2.51. The van der Waals surface area contributed by atoms with Gasteiger partial charge in [0.15, 0.2) is 0 Å². The molecule has 0 aliphatic rings. The van der Waals surface area contributed by atoms with E-state index >= 15 is 0 Å². The molecule has 0 fully saturated rings. The average Bonchev–Trinajstić information content (AvgIpc) is 2.56. The van der Waals surface area contributed by atoms with Gasteiger partial charge in [0, 0.05) is 0 Å². The largest absolute Gasteiger partial charge is 0.465 e. The zero-order valence-electron chi connectivity index (χ0n) is 13.1. The molecule has 0 N–H and O–H groups in total. The van der Waals surface area contributed by atoms with Crippen LogP contribution in [0.2, 0.25) is 5.02 Å². The molecule has 0 saturated heterocycles. The highest BCUT2D eigenvalue weighted by Gasteiger charge is 2.28. The average molecular weight is 390 g/mol. The molecule has 0 amide bonds. The first kappa shape index (κ1) is 19.1. The third-order valence-corrected chi connectivity index (χ3v) is 5.25. The summed E-state index contributed by atoms with van der Waals surface area (Å²) in [7, 11) is -4.23. The minimum Gasteiger partial charge on any atom is -0.465 e. The maximum absolute atomic E-state index is 13.4. The normalized spacial score (nSPS) is 11.2. The SMILES string of the molecule is CCOC(=O)CN(c1ccc(F)c(Cl)c1)S(=O)(=O)c1ccc(F)cc1. The first-order valence-electron chi connectivity index (χ1n) is 7.14. The van der Waals surface area contributed by atoms with Crippen LogP contribution in [0.3, 0.4) is 0 Å². The molecular weight excluding hydrogens is 376 g/mol. The summed E-state index contributed by atoms with van der Waals surface area (Å²) in [6, 6.07) is 7.32. The number of hydrogen-bond donors (Lipinski definition) is 0. The highest BCUT2D eigenvalue weighted by Crippen LogP contribution is 2.27. The number of anilines is 1. The predicted octanol–water partition coefficient (Wildman–Crippen LogP) is 3.38. The number of ether oxygens (including phenoxy) is 1. The van der Waals surface area contributed by atoms with Crippen molar-refractivity contribution < 1.29 is 26.7 Å². The number of carbonyl (C=O) groups excluding carboxylic acids is 1. The Bertz CT molecular complexity index is 872. The fourth-order valence-corrected chi connectivity index (χ4v) is 3.59. The second-order valence-electron chi connectivity index (χ2n) is 4.87. The van der Waals surface area contributed by atoms with Crippen molar-refractivity contribution in [2.24, 2.45) is 0 Å². The fraction of sp³-hybridized carbons (Fsp3) is 0.188. The molecule has 0 aliphatic heterocycles. The lowest BCUT2D eigenvalue weighted by molar-refractivity contribution is -0.141. The minimum atomic E-state index is -4.23. The molecule has 0 unspecified atom stereocenters. The van der Waals surface area contributed by atoms with Gasteiger partial charge in [-0.25, -0.2) is 17.2 Å². The van der Waals surface area contributed by atoms with Crippen molar-refractivity contribution in [1.29, 1.82) is 0 Å². The van der Waals surface area contributed by atoms with Crippen LogP contribution < -0.4 is 4.31 Å². The van der Waals surface area contributed by atoms with E-state index in [-0.39, 0.29) is 22.2 Å². The molecule has 0 bridgehead atoms. The van der Waals surface area contributed by atoms with Gasteiger partial charge < -0.3 is 4.74 Å². The van der Waals surface area contributed by atoms with Gasteiger partial charge in [-0.1, -0.05) is 11.6 Å². The van der Waals surface area contributed by atoms with Gasteiger partial charge in [-0.3, -0.25) is 9.10 Å². The van der Waals surface area contributed by atoms with E-state index in [0.29, 0.717) is 0 Å². The Morgan fingerprint density at radius 2 is 1.80 bits per heavy atom. The highest BCUT2D eigenvalue weighted by molar-refractivity contribution is 7.92. The molecule has 9 heteroatoms. The summed E-state index contributed by atoms with van der Waals surface area (Å²) in [5.74, 6) is -2.14. The Kier molecular flexibility index (Phi) is 5.97. The zero-order chi connectivity index (χ0) is 18.6. The topological polar surface area (TPSA) is 63.7 Å². The van der Waals surface area contributed by atoms with Crippen LogP contribution in [-0.4, -0.2) is 27.5 Å². The molecule has 2 rings (SSSR count).